The van der Waals surface area contributed by atoms with Gasteiger partial charge in [-0.3, -0.25) is 9.69 Å². The van der Waals surface area contributed by atoms with Gasteiger partial charge in [0.15, 0.2) is 0 Å². The van der Waals surface area contributed by atoms with Gasteiger partial charge in [-0.2, -0.15) is 0 Å². The van der Waals surface area contributed by atoms with Crippen molar-refractivity contribution in [2.24, 2.45) is 5.14 Å². The van der Waals surface area contributed by atoms with Crippen molar-refractivity contribution in [1.29, 1.82) is 0 Å². The predicted octanol–water partition coefficient (Wildman–Crippen LogP) is 1.21. The van der Waals surface area contributed by atoms with Gasteiger partial charge in [0, 0.05) is 24.5 Å². The number of nitrogens with one attached hydrogen (secondary N) is 1. The molecule has 1 saturated heterocycles. The highest BCUT2D eigenvalue weighted by Gasteiger charge is 2.30. The first-order valence-electron chi connectivity index (χ1n) is 7.89. The number of para-hydroxylation sites is 1. The number of nitrogens with two attached hydrogens (primary N) is 1. The van der Waals surface area contributed by atoms with Crippen LogP contribution in [0.25, 0.3) is 0 Å². The molecule has 0 atom stereocenters. The van der Waals surface area contributed by atoms with Gasteiger partial charge in [0.05, 0.1) is 4.90 Å². The van der Waals surface area contributed by atoms with Crippen molar-refractivity contribution >= 4 is 33.3 Å². The number of rotatable bonds is 5. The maximum absolute atomic E-state index is 12.4. The van der Waals surface area contributed by atoms with Crippen LogP contribution >= 0.6 is 0 Å². The summed E-state index contributed by atoms with van der Waals surface area (Å²) in [7, 11) is -3.78. The Labute approximate surface area is 151 Å². The van der Waals surface area contributed by atoms with Crippen LogP contribution in [0, 0.1) is 0 Å². The average Bonchev–Trinajstić information content (AvgIpc) is 2.96. The second-order valence-electron chi connectivity index (χ2n) is 5.81. The summed E-state index contributed by atoms with van der Waals surface area (Å²) >= 11 is 0. The molecule has 0 unspecified atom stereocenters. The number of nitrogens with zero attached hydrogens (tertiary/aromatic N) is 2. The molecule has 1 heterocycles. The summed E-state index contributed by atoms with van der Waals surface area (Å²) in [6.07, 6.45) is 0. The molecule has 1 aliphatic heterocycles. The maximum Gasteiger partial charge on any atom is 0.325 e. The molecule has 0 bridgehead atoms. The minimum absolute atomic E-state index is 0.0382. The zero-order chi connectivity index (χ0) is 18.7. The lowest BCUT2D eigenvalue weighted by Gasteiger charge is -2.18. The molecule has 2 aromatic carbocycles. The summed E-state index contributed by atoms with van der Waals surface area (Å²) < 4.78 is 22.4. The number of hydrogen-bond acceptors (Lipinski definition) is 4. The number of carbonyl (C=O) groups excluding carboxylic acids is 2. The Morgan fingerprint density at radius 3 is 2.31 bits per heavy atom. The van der Waals surface area contributed by atoms with Gasteiger partial charge in [-0.05, 0) is 36.4 Å². The third-order valence-electron chi connectivity index (χ3n) is 3.96. The van der Waals surface area contributed by atoms with E-state index in [9.17, 15) is 18.0 Å². The SMILES string of the molecule is NS(=O)(=O)c1ccc(NC(=O)CN2CCN(c3ccccc3)C2=O)cc1. The van der Waals surface area contributed by atoms with Crippen molar-refractivity contribution in [3.63, 3.8) is 0 Å². The summed E-state index contributed by atoms with van der Waals surface area (Å²) in [5.41, 5.74) is 1.22. The Balaban J connectivity index is 1.59. The molecular weight excluding hydrogens is 356 g/mol. The number of primary sulfonamides is 1. The van der Waals surface area contributed by atoms with Gasteiger partial charge >= 0.3 is 6.03 Å². The predicted molar refractivity (Wildman–Crippen MR) is 97.2 cm³/mol. The number of amides is 3. The van der Waals surface area contributed by atoms with Gasteiger partial charge < -0.3 is 10.2 Å². The molecule has 2 aromatic rings. The van der Waals surface area contributed by atoms with E-state index in [0.29, 0.717) is 18.8 Å². The van der Waals surface area contributed by atoms with E-state index in [-0.39, 0.29) is 23.4 Å². The van der Waals surface area contributed by atoms with Crippen LogP contribution in [0.4, 0.5) is 16.2 Å². The molecule has 3 N–H and O–H groups in total. The Kier molecular flexibility index (Phi) is 4.92. The van der Waals surface area contributed by atoms with Crippen LogP contribution in [0.1, 0.15) is 0 Å². The van der Waals surface area contributed by atoms with E-state index < -0.39 is 10.0 Å². The van der Waals surface area contributed by atoms with E-state index >= 15 is 0 Å². The van der Waals surface area contributed by atoms with Crippen molar-refractivity contribution in [3.05, 3.63) is 54.6 Å². The molecule has 3 rings (SSSR count). The van der Waals surface area contributed by atoms with Gasteiger partial charge in [-0.1, -0.05) is 18.2 Å². The highest BCUT2D eigenvalue weighted by molar-refractivity contribution is 7.89. The van der Waals surface area contributed by atoms with Crippen LogP contribution in [0.2, 0.25) is 0 Å². The fourth-order valence-corrected chi connectivity index (χ4v) is 3.19. The molecule has 26 heavy (non-hydrogen) atoms. The van der Waals surface area contributed by atoms with Crippen molar-refractivity contribution in [3.8, 4) is 0 Å². The van der Waals surface area contributed by atoms with Gasteiger partial charge in [0.1, 0.15) is 6.54 Å². The fraction of sp³-hybridized carbons (Fsp3) is 0.176. The molecule has 0 spiro atoms. The highest BCUT2D eigenvalue weighted by atomic mass is 32.2. The molecule has 1 aliphatic rings. The number of urea groups is 1. The van der Waals surface area contributed by atoms with Gasteiger partial charge in [0.25, 0.3) is 0 Å². The first-order valence-corrected chi connectivity index (χ1v) is 9.43. The normalized spacial score (nSPS) is 14.6. The largest absolute Gasteiger partial charge is 0.325 e. The molecule has 0 radical (unpaired) electrons. The zero-order valence-corrected chi connectivity index (χ0v) is 14.6. The number of sulfonamides is 1. The molecule has 0 aromatic heterocycles. The average molecular weight is 374 g/mol. The van der Waals surface area contributed by atoms with Crippen molar-refractivity contribution in [2.45, 2.75) is 4.90 Å². The van der Waals surface area contributed by atoms with E-state index in [1.807, 2.05) is 30.3 Å². The quantitative estimate of drug-likeness (QED) is 0.819. The zero-order valence-electron chi connectivity index (χ0n) is 13.8. The molecular formula is C17H18N4O4S. The molecule has 0 aliphatic carbocycles. The Morgan fingerprint density at radius 2 is 1.69 bits per heavy atom. The number of carbonyl (C=O) groups is 2. The summed E-state index contributed by atoms with van der Waals surface area (Å²) in [6.45, 7) is 0.879. The third kappa shape index (κ3) is 4.01. The fourth-order valence-electron chi connectivity index (χ4n) is 2.68. The van der Waals surface area contributed by atoms with Gasteiger partial charge in [-0.25, -0.2) is 18.4 Å². The van der Waals surface area contributed by atoms with Crippen molar-refractivity contribution < 1.29 is 18.0 Å². The topological polar surface area (TPSA) is 113 Å². The molecule has 136 valence electrons. The van der Waals surface area contributed by atoms with Gasteiger partial charge in [-0.15, -0.1) is 0 Å². The van der Waals surface area contributed by atoms with Crippen LogP contribution in [0.15, 0.2) is 59.5 Å². The summed E-state index contributed by atoms with van der Waals surface area (Å²) in [4.78, 5) is 27.7. The second-order valence-corrected chi connectivity index (χ2v) is 7.37. The summed E-state index contributed by atoms with van der Waals surface area (Å²) in [5, 5.41) is 7.66. The highest BCUT2D eigenvalue weighted by Crippen LogP contribution is 2.19. The minimum Gasteiger partial charge on any atom is -0.325 e. The van der Waals surface area contributed by atoms with Crippen molar-refractivity contribution in [1.82, 2.24) is 4.90 Å². The van der Waals surface area contributed by atoms with Gasteiger partial charge in [0.2, 0.25) is 15.9 Å². The van der Waals surface area contributed by atoms with Crippen LogP contribution in [0.5, 0.6) is 0 Å². The first-order chi connectivity index (χ1) is 12.3. The number of anilines is 2. The molecule has 3 amide bonds. The Bertz CT molecular complexity index is 914. The Hall–Kier alpha value is -2.91. The standard InChI is InChI=1S/C17H18N4O4S/c18-26(24,25)15-8-6-13(7-9-15)19-16(22)12-20-10-11-21(17(20)23)14-4-2-1-3-5-14/h1-9H,10-12H2,(H,19,22)(H2,18,24,25). The molecule has 0 saturated carbocycles. The lowest BCUT2D eigenvalue weighted by Crippen LogP contribution is -2.37. The second kappa shape index (κ2) is 7.14. The van der Waals surface area contributed by atoms with Crippen LogP contribution in [-0.4, -0.2) is 44.9 Å². The van der Waals surface area contributed by atoms with E-state index in [4.69, 9.17) is 5.14 Å². The third-order valence-corrected chi connectivity index (χ3v) is 4.89. The van der Waals surface area contributed by atoms with E-state index in [1.165, 1.54) is 29.2 Å². The first kappa shape index (κ1) is 17.9. The van der Waals surface area contributed by atoms with Crippen LogP contribution in [-0.2, 0) is 14.8 Å². The Morgan fingerprint density at radius 1 is 1.04 bits per heavy atom. The molecule has 1 fully saturated rings. The number of benzene rings is 2. The minimum atomic E-state index is -3.78. The maximum atomic E-state index is 12.4. The van der Waals surface area contributed by atoms with Crippen molar-refractivity contribution in [2.75, 3.05) is 29.9 Å². The van der Waals surface area contributed by atoms with E-state index in [2.05, 4.69) is 5.32 Å². The number of hydrogen-bond donors (Lipinski definition) is 2. The van der Waals surface area contributed by atoms with Crippen LogP contribution < -0.4 is 15.4 Å². The lowest BCUT2D eigenvalue weighted by atomic mass is 10.3. The van der Waals surface area contributed by atoms with E-state index in [1.54, 1.807) is 4.90 Å². The summed E-state index contributed by atoms with van der Waals surface area (Å²) in [6, 6.07) is 14.5. The molecule has 8 nitrogen and oxygen atoms in total. The monoisotopic (exact) mass is 374 g/mol. The summed E-state index contributed by atoms with van der Waals surface area (Å²) in [5.74, 6) is -0.364. The smallest absolute Gasteiger partial charge is 0.325 e. The van der Waals surface area contributed by atoms with E-state index in [0.717, 1.165) is 5.69 Å². The van der Waals surface area contributed by atoms with Crippen LogP contribution in [0.3, 0.4) is 0 Å². The molecule has 9 heteroatoms. The lowest BCUT2D eigenvalue weighted by molar-refractivity contribution is -0.116.